The zero-order valence-electron chi connectivity index (χ0n) is 15.3. The molecule has 2 aromatic rings. The first-order chi connectivity index (χ1) is 12.8. The van der Waals surface area contributed by atoms with E-state index in [0.29, 0.717) is 5.75 Å². The van der Waals surface area contributed by atoms with Gasteiger partial charge in [0.15, 0.2) is 17.1 Å². The van der Waals surface area contributed by atoms with E-state index in [2.05, 4.69) is 0 Å². The van der Waals surface area contributed by atoms with Crippen LogP contribution in [0, 0.1) is 6.92 Å². The zero-order chi connectivity index (χ0) is 19.9. The number of phenols is 2. The van der Waals surface area contributed by atoms with Crippen LogP contribution >= 0.6 is 0 Å². The lowest BCUT2D eigenvalue weighted by Gasteiger charge is -2.34. The summed E-state index contributed by atoms with van der Waals surface area (Å²) in [6.07, 6.45) is 0. The number of aliphatic hydroxyl groups is 1. The van der Waals surface area contributed by atoms with Crippen LogP contribution < -0.4 is 18.9 Å². The molecule has 0 unspecified atom stereocenters. The van der Waals surface area contributed by atoms with E-state index in [1.807, 2.05) is 0 Å². The topological polar surface area (TPSA) is 115 Å². The Morgan fingerprint density at radius 3 is 2.37 bits per heavy atom. The van der Waals surface area contributed by atoms with E-state index in [-0.39, 0.29) is 45.4 Å². The molecule has 3 N–H and O–H groups in total. The standard InChI is InChI=1S/C19H20O8/c1-9-11(7-14(25-3)17(26-4)16(9)21)19(23)8-27-13-6-10(24-2)5-12(20)15(13)18(19)22/h5-7,20-21,23H,8H2,1-4H3/t19-/m1/s1. The number of methoxy groups -OCH3 is 3. The predicted molar refractivity (Wildman–Crippen MR) is 94.3 cm³/mol. The number of Topliss-reactive ketones (excluding diaryl/α,β-unsaturated/α-hetero) is 1. The Kier molecular flexibility index (Phi) is 4.52. The molecule has 0 bridgehead atoms. The highest BCUT2D eigenvalue weighted by atomic mass is 16.5. The van der Waals surface area contributed by atoms with Gasteiger partial charge in [0.05, 0.1) is 21.3 Å². The fraction of sp³-hybridized carbons (Fsp3) is 0.316. The molecule has 8 heteroatoms. The number of aromatic hydroxyl groups is 2. The predicted octanol–water partition coefficient (Wildman–Crippen LogP) is 1.89. The molecule has 0 aromatic heterocycles. The zero-order valence-corrected chi connectivity index (χ0v) is 15.3. The van der Waals surface area contributed by atoms with E-state index in [9.17, 15) is 20.1 Å². The number of ketones is 1. The van der Waals surface area contributed by atoms with Crippen molar-refractivity contribution in [3.8, 4) is 34.5 Å². The summed E-state index contributed by atoms with van der Waals surface area (Å²) in [7, 11) is 4.15. The van der Waals surface area contributed by atoms with E-state index in [1.165, 1.54) is 46.5 Å². The molecule has 0 amide bonds. The minimum absolute atomic E-state index is 0.0829. The highest BCUT2D eigenvalue weighted by molar-refractivity contribution is 6.08. The molecule has 8 nitrogen and oxygen atoms in total. The Balaban J connectivity index is 2.19. The Bertz CT molecular complexity index is 921. The number of benzene rings is 2. The Morgan fingerprint density at radius 1 is 1.07 bits per heavy atom. The molecule has 0 saturated heterocycles. The maximum atomic E-state index is 13.1. The van der Waals surface area contributed by atoms with Gasteiger partial charge in [0, 0.05) is 23.3 Å². The van der Waals surface area contributed by atoms with Gasteiger partial charge in [0.2, 0.25) is 11.5 Å². The number of phenolic OH excluding ortho intramolecular Hbond substituents is 2. The molecule has 0 spiro atoms. The quantitative estimate of drug-likeness (QED) is 0.741. The van der Waals surface area contributed by atoms with Gasteiger partial charge in [-0.05, 0) is 13.0 Å². The number of ether oxygens (including phenoxy) is 4. The van der Waals surface area contributed by atoms with Gasteiger partial charge in [-0.2, -0.15) is 0 Å². The van der Waals surface area contributed by atoms with Crippen molar-refractivity contribution in [2.75, 3.05) is 27.9 Å². The van der Waals surface area contributed by atoms with Crippen molar-refractivity contribution in [3.05, 3.63) is 34.9 Å². The molecule has 0 fully saturated rings. The minimum Gasteiger partial charge on any atom is -0.507 e. The van der Waals surface area contributed by atoms with Crippen molar-refractivity contribution in [1.82, 2.24) is 0 Å². The number of carbonyl (C=O) groups excluding carboxylic acids is 1. The van der Waals surface area contributed by atoms with Gasteiger partial charge in [0.25, 0.3) is 0 Å². The summed E-state index contributed by atoms with van der Waals surface area (Å²) in [6.45, 7) is 1.11. The van der Waals surface area contributed by atoms with Crippen molar-refractivity contribution in [1.29, 1.82) is 0 Å². The van der Waals surface area contributed by atoms with Crippen LogP contribution in [0.3, 0.4) is 0 Å². The van der Waals surface area contributed by atoms with Gasteiger partial charge in [-0.1, -0.05) is 0 Å². The third kappa shape index (κ3) is 2.69. The minimum atomic E-state index is -2.14. The molecule has 2 aromatic carbocycles. The third-order valence-corrected chi connectivity index (χ3v) is 4.67. The van der Waals surface area contributed by atoms with Crippen molar-refractivity contribution in [2.24, 2.45) is 0 Å². The van der Waals surface area contributed by atoms with Gasteiger partial charge >= 0.3 is 0 Å². The highest BCUT2D eigenvalue weighted by Gasteiger charge is 2.47. The molecule has 1 atom stereocenters. The van der Waals surface area contributed by atoms with Gasteiger partial charge in [-0.3, -0.25) is 4.79 Å². The monoisotopic (exact) mass is 376 g/mol. The van der Waals surface area contributed by atoms with Crippen LogP contribution in [0.2, 0.25) is 0 Å². The van der Waals surface area contributed by atoms with Crippen molar-refractivity contribution >= 4 is 5.78 Å². The maximum absolute atomic E-state index is 13.1. The summed E-state index contributed by atoms with van der Waals surface area (Å²) in [6, 6.07) is 4.11. The molecule has 0 radical (unpaired) electrons. The van der Waals surface area contributed by atoms with Gasteiger partial charge < -0.3 is 34.3 Å². The molecule has 27 heavy (non-hydrogen) atoms. The summed E-state index contributed by atoms with van der Waals surface area (Å²) in [5.41, 5.74) is -1.99. The van der Waals surface area contributed by atoms with Crippen LogP contribution in [-0.4, -0.2) is 49.0 Å². The first-order valence-electron chi connectivity index (χ1n) is 8.04. The van der Waals surface area contributed by atoms with E-state index in [0.717, 1.165) is 0 Å². The summed E-state index contributed by atoms with van der Waals surface area (Å²) < 4.78 is 20.9. The van der Waals surface area contributed by atoms with Gasteiger partial charge in [-0.25, -0.2) is 0 Å². The van der Waals surface area contributed by atoms with Crippen LogP contribution in [0.15, 0.2) is 18.2 Å². The number of hydrogen-bond donors (Lipinski definition) is 3. The number of rotatable bonds is 4. The Labute approximate surface area is 155 Å². The van der Waals surface area contributed by atoms with Gasteiger partial charge in [0.1, 0.15) is 29.4 Å². The molecule has 1 aliphatic heterocycles. The Morgan fingerprint density at radius 2 is 1.78 bits per heavy atom. The largest absolute Gasteiger partial charge is 0.507 e. The molecule has 1 aliphatic rings. The van der Waals surface area contributed by atoms with E-state index >= 15 is 0 Å². The van der Waals surface area contributed by atoms with E-state index in [1.54, 1.807) is 0 Å². The lowest BCUT2D eigenvalue weighted by atomic mass is 9.81. The second kappa shape index (κ2) is 6.55. The number of fused-ring (bicyclic) bond motifs is 1. The van der Waals surface area contributed by atoms with Crippen LogP contribution in [0.1, 0.15) is 21.5 Å². The molecule has 1 heterocycles. The van der Waals surface area contributed by atoms with Crippen molar-refractivity contribution in [3.63, 3.8) is 0 Å². The van der Waals surface area contributed by atoms with Crippen LogP contribution in [0.4, 0.5) is 0 Å². The maximum Gasteiger partial charge on any atom is 0.209 e. The van der Waals surface area contributed by atoms with Crippen molar-refractivity contribution in [2.45, 2.75) is 12.5 Å². The fourth-order valence-electron chi connectivity index (χ4n) is 3.19. The molecular formula is C19H20O8. The summed E-state index contributed by atoms with van der Waals surface area (Å²) >= 11 is 0. The van der Waals surface area contributed by atoms with Crippen LogP contribution in [0.5, 0.6) is 34.5 Å². The van der Waals surface area contributed by atoms with E-state index < -0.39 is 18.0 Å². The van der Waals surface area contributed by atoms with Crippen molar-refractivity contribution < 1.29 is 39.1 Å². The summed E-state index contributed by atoms with van der Waals surface area (Å²) in [5, 5.41) is 31.8. The molecule has 3 rings (SSSR count). The molecule has 0 saturated carbocycles. The van der Waals surface area contributed by atoms with Crippen LogP contribution in [-0.2, 0) is 5.60 Å². The number of carbonyl (C=O) groups is 1. The molecule has 0 aliphatic carbocycles. The SMILES string of the molecule is COc1cc(O)c2c(c1)OC[C@@](O)(c1cc(OC)c(OC)c(O)c1C)C2=O. The molecular weight excluding hydrogens is 356 g/mol. The lowest BCUT2D eigenvalue weighted by Crippen LogP contribution is -2.45. The second-order valence-corrected chi connectivity index (χ2v) is 6.13. The average molecular weight is 376 g/mol. The fourth-order valence-corrected chi connectivity index (χ4v) is 3.19. The Hall–Kier alpha value is -3.13. The van der Waals surface area contributed by atoms with Gasteiger partial charge in [-0.15, -0.1) is 0 Å². The second-order valence-electron chi connectivity index (χ2n) is 6.13. The average Bonchev–Trinajstić information content (AvgIpc) is 2.66. The summed E-state index contributed by atoms with van der Waals surface area (Å²) in [5.74, 6) is -0.777. The first-order valence-corrected chi connectivity index (χ1v) is 8.04. The highest BCUT2D eigenvalue weighted by Crippen LogP contribution is 2.47. The lowest BCUT2D eigenvalue weighted by molar-refractivity contribution is -0.00610. The van der Waals surface area contributed by atoms with Crippen LogP contribution in [0.25, 0.3) is 0 Å². The number of hydrogen-bond acceptors (Lipinski definition) is 8. The third-order valence-electron chi connectivity index (χ3n) is 4.67. The normalized spacial score (nSPS) is 18.5. The van der Waals surface area contributed by atoms with E-state index in [4.69, 9.17) is 18.9 Å². The molecule has 144 valence electrons. The first kappa shape index (κ1) is 18.7. The summed E-state index contributed by atoms with van der Waals surface area (Å²) in [4.78, 5) is 13.1. The smallest absolute Gasteiger partial charge is 0.209 e.